The summed E-state index contributed by atoms with van der Waals surface area (Å²) in [6.07, 6.45) is 0. The Labute approximate surface area is 114 Å². The van der Waals surface area contributed by atoms with Gasteiger partial charge in [0.15, 0.2) is 6.67 Å². The number of carbonyl (C=O) groups excluding carboxylic acids is 3. The van der Waals surface area contributed by atoms with Crippen LogP contribution in [-0.2, 0) is 14.3 Å². The maximum absolute atomic E-state index is 12.0. The SMILES string of the molecule is O=C(CF)N[C@@H](CS)C(=O)OC(=O)c1ccccc1. The topological polar surface area (TPSA) is 72.5 Å². The van der Waals surface area contributed by atoms with Crippen molar-refractivity contribution in [2.24, 2.45) is 0 Å². The lowest BCUT2D eigenvalue weighted by molar-refractivity contribution is -0.142. The molecule has 1 rings (SSSR count). The summed E-state index contributed by atoms with van der Waals surface area (Å²) in [6.45, 7) is -1.26. The Bertz CT molecular complexity index is 466. The van der Waals surface area contributed by atoms with Gasteiger partial charge in [-0.1, -0.05) is 18.2 Å². The van der Waals surface area contributed by atoms with E-state index >= 15 is 0 Å². The molecule has 1 amide bonds. The number of thiol groups is 1. The van der Waals surface area contributed by atoms with Gasteiger partial charge >= 0.3 is 11.9 Å². The number of alkyl halides is 1. The number of benzene rings is 1. The van der Waals surface area contributed by atoms with Crippen molar-refractivity contribution in [3.63, 3.8) is 0 Å². The van der Waals surface area contributed by atoms with Crippen LogP contribution in [0.4, 0.5) is 4.39 Å². The molecule has 0 fully saturated rings. The molecular weight excluding hydrogens is 273 g/mol. The monoisotopic (exact) mass is 285 g/mol. The normalized spacial score (nSPS) is 11.5. The molecule has 0 bridgehead atoms. The van der Waals surface area contributed by atoms with E-state index < -0.39 is 30.6 Å². The molecule has 0 saturated carbocycles. The number of esters is 2. The van der Waals surface area contributed by atoms with E-state index in [1.54, 1.807) is 18.2 Å². The van der Waals surface area contributed by atoms with Crippen molar-refractivity contribution in [3.05, 3.63) is 35.9 Å². The zero-order valence-electron chi connectivity index (χ0n) is 9.84. The van der Waals surface area contributed by atoms with Crippen LogP contribution in [-0.4, -0.2) is 36.3 Å². The summed E-state index contributed by atoms with van der Waals surface area (Å²) in [6, 6.07) is 6.72. The number of halogens is 1. The van der Waals surface area contributed by atoms with Crippen LogP contribution >= 0.6 is 12.6 Å². The Balaban J connectivity index is 2.62. The van der Waals surface area contributed by atoms with Crippen LogP contribution in [0.5, 0.6) is 0 Å². The molecule has 0 heterocycles. The lowest BCUT2D eigenvalue weighted by atomic mass is 10.2. The highest BCUT2D eigenvalue weighted by Crippen LogP contribution is 2.03. The van der Waals surface area contributed by atoms with Crippen molar-refractivity contribution >= 4 is 30.5 Å². The van der Waals surface area contributed by atoms with Gasteiger partial charge in [-0.15, -0.1) is 0 Å². The van der Waals surface area contributed by atoms with Gasteiger partial charge in [-0.2, -0.15) is 12.6 Å². The Kier molecular flexibility index (Phi) is 6.01. The zero-order valence-corrected chi connectivity index (χ0v) is 10.7. The van der Waals surface area contributed by atoms with E-state index in [-0.39, 0.29) is 11.3 Å². The van der Waals surface area contributed by atoms with Crippen molar-refractivity contribution in [2.45, 2.75) is 6.04 Å². The molecule has 0 aliphatic rings. The highest BCUT2D eigenvalue weighted by molar-refractivity contribution is 7.80. The van der Waals surface area contributed by atoms with Gasteiger partial charge in [0.05, 0.1) is 5.56 Å². The summed E-state index contributed by atoms with van der Waals surface area (Å²) in [5.74, 6) is -2.90. The van der Waals surface area contributed by atoms with Crippen LogP contribution in [0, 0.1) is 0 Å². The third kappa shape index (κ3) is 4.70. The van der Waals surface area contributed by atoms with E-state index in [4.69, 9.17) is 0 Å². The average molecular weight is 285 g/mol. The first-order valence-electron chi connectivity index (χ1n) is 5.35. The molecule has 7 heteroatoms. The van der Waals surface area contributed by atoms with Crippen molar-refractivity contribution in [2.75, 3.05) is 12.4 Å². The van der Waals surface area contributed by atoms with E-state index in [1.165, 1.54) is 12.1 Å². The van der Waals surface area contributed by atoms with Gasteiger partial charge in [0, 0.05) is 5.75 Å². The first-order valence-corrected chi connectivity index (χ1v) is 5.99. The third-order valence-electron chi connectivity index (χ3n) is 2.13. The first-order chi connectivity index (χ1) is 9.08. The van der Waals surface area contributed by atoms with Gasteiger partial charge < -0.3 is 10.1 Å². The van der Waals surface area contributed by atoms with Gasteiger partial charge in [-0.25, -0.2) is 14.0 Å². The molecule has 0 spiro atoms. The number of nitrogens with one attached hydrogen (secondary N) is 1. The predicted molar refractivity (Wildman–Crippen MR) is 68.6 cm³/mol. The average Bonchev–Trinajstić information content (AvgIpc) is 2.45. The van der Waals surface area contributed by atoms with E-state index in [0.29, 0.717) is 0 Å². The van der Waals surface area contributed by atoms with E-state index in [9.17, 15) is 18.8 Å². The summed E-state index contributed by atoms with van der Waals surface area (Å²) in [7, 11) is 0. The standard InChI is InChI=1S/C12H12FNO4S/c13-6-10(15)14-9(7-19)12(17)18-11(16)8-4-2-1-3-5-8/h1-5,9,19H,6-7H2,(H,14,15)/t9-/m0/s1. The summed E-state index contributed by atoms with van der Waals surface area (Å²) in [5.41, 5.74) is 0.200. The van der Waals surface area contributed by atoms with E-state index in [2.05, 4.69) is 22.7 Å². The van der Waals surface area contributed by atoms with Crippen LogP contribution in [0.1, 0.15) is 10.4 Å². The fourth-order valence-electron chi connectivity index (χ4n) is 1.21. The van der Waals surface area contributed by atoms with Crippen molar-refractivity contribution in [1.29, 1.82) is 0 Å². The molecule has 0 aliphatic carbocycles. The Morgan fingerprint density at radius 3 is 2.42 bits per heavy atom. The molecule has 0 aliphatic heterocycles. The zero-order chi connectivity index (χ0) is 14.3. The Morgan fingerprint density at radius 2 is 1.89 bits per heavy atom. The van der Waals surface area contributed by atoms with Crippen LogP contribution in [0.2, 0.25) is 0 Å². The van der Waals surface area contributed by atoms with Crippen molar-refractivity contribution < 1.29 is 23.5 Å². The molecule has 1 aromatic carbocycles. The first kappa shape index (κ1) is 15.2. The Hall–Kier alpha value is -1.89. The molecule has 0 saturated heterocycles. The fraction of sp³-hybridized carbons (Fsp3) is 0.250. The van der Waals surface area contributed by atoms with Crippen LogP contribution < -0.4 is 5.32 Å². The lowest BCUT2D eigenvalue weighted by Crippen LogP contribution is -2.44. The van der Waals surface area contributed by atoms with E-state index in [1.807, 2.05) is 0 Å². The number of hydrogen-bond donors (Lipinski definition) is 2. The minimum Gasteiger partial charge on any atom is -0.388 e. The number of ether oxygens (including phenoxy) is 1. The highest BCUT2D eigenvalue weighted by Gasteiger charge is 2.23. The fourth-order valence-corrected chi connectivity index (χ4v) is 1.45. The van der Waals surface area contributed by atoms with Crippen molar-refractivity contribution in [3.8, 4) is 0 Å². The maximum atomic E-state index is 12.0. The largest absolute Gasteiger partial charge is 0.388 e. The maximum Gasteiger partial charge on any atom is 0.345 e. The summed E-state index contributed by atoms with van der Waals surface area (Å²) in [4.78, 5) is 34.0. The second kappa shape index (κ2) is 7.52. The summed E-state index contributed by atoms with van der Waals surface area (Å²) >= 11 is 3.83. The molecule has 0 aromatic heterocycles. The minimum absolute atomic E-state index is 0.105. The van der Waals surface area contributed by atoms with Crippen molar-refractivity contribution in [1.82, 2.24) is 5.32 Å². The predicted octanol–water partition coefficient (Wildman–Crippen LogP) is 0.754. The molecule has 5 nitrogen and oxygen atoms in total. The smallest absolute Gasteiger partial charge is 0.345 e. The number of rotatable bonds is 5. The minimum atomic E-state index is -1.26. The van der Waals surface area contributed by atoms with Gasteiger partial charge in [-0.3, -0.25) is 4.79 Å². The quantitative estimate of drug-likeness (QED) is 0.476. The molecule has 19 heavy (non-hydrogen) atoms. The van der Waals surface area contributed by atoms with Crippen LogP contribution in [0.25, 0.3) is 0 Å². The molecule has 1 aromatic rings. The Morgan fingerprint density at radius 1 is 1.26 bits per heavy atom. The molecular formula is C12H12FNO4S. The molecule has 102 valence electrons. The van der Waals surface area contributed by atoms with E-state index in [0.717, 1.165) is 0 Å². The number of amides is 1. The summed E-state index contributed by atoms with van der Waals surface area (Å²) in [5, 5.41) is 2.06. The lowest BCUT2D eigenvalue weighted by Gasteiger charge is -2.13. The molecule has 0 radical (unpaired) electrons. The molecule has 1 atom stereocenters. The molecule has 0 unspecified atom stereocenters. The highest BCUT2D eigenvalue weighted by atomic mass is 32.1. The van der Waals surface area contributed by atoms with Gasteiger partial charge in [0.2, 0.25) is 0 Å². The van der Waals surface area contributed by atoms with Gasteiger partial charge in [-0.05, 0) is 12.1 Å². The molecule has 1 N–H and O–H groups in total. The van der Waals surface area contributed by atoms with Crippen LogP contribution in [0.3, 0.4) is 0 Å². The van der Waals surface area contributed by atoms with Gasteiger partial charge in [0.1, 0.15) is 6.04 Å². The second-order valence-corrected chi connectivity index (χ2v) is 3.88. The van der Waals surface area contributed by atoms with Gasteiger partial charge in [0.25, 0.3) is 5.91 Å². The van der Waals surface area contributed by atoms with Crippen LogP contribution in [0.15, 0.2) is 30.3 Å². The second-order valence-electron chi connectivity index (χ2n) is 3.51. The number of hydrogen-bond acceptors (Lipinski definition) is 5. The summed E-state index contributed by atoms with van der Waals surface area (Å²) < 4.78 is 16.6. The number of carbonyl (C=O) groups is 3. The third-order valence-corrected chi connectivity index (χ3v) is 2.49.